The number of carbonyl (C=O) groups excluding carboxylic acids is 1. The van der Waals surface area contributed by atoms with E-state index in [1.807, 2.05) is 6.92 Å². The van der Waals surface area contributed by atoms with E-state index in [2.05, 4.69) is 0 Å². The lowest BCUT2D eigenvalue weighted by molar-refractivity contribution is -0.142. The molecule has 1 fully saturated rings. The number of benzene rings is 1. The fourth-order valence-electron chi connectivity index (χ4n) is 2.19. The largest absolute Gasteiger partial charge is 0.373 e. The minimum absolute atomic E-state index is 0.0286. The van der Waals surface area contributed by atoms with Crippen molar-refractivity contribution in [3.05, 3.63) is 35.6 Å². The van der Waals surface area contributed by atoms with Gasteiger partial charge in [-0.2, -0.15) is 0 Å². The number of hydrogen-bond acceptors (Lipinski definition) is 3. The molecule has 104 valence electrons. The first kappa shape index (κ1) is 14.0. The summed E-state index contributed by atoms with van der Waals surface area (Å²) in [5, 5.41) is 0. The number of carbonyl (C=O) groups is 1. The summed E-state index contributed by atoms with van der Waals surface area (Å²) in [7, 11) is 0. The lowest BCUT2D eigenvalue weighted by Crippen LogP contribution is -2.53. The molecule has 1 aliphatic rings. The molecule has 0 aromatic heterocycles. The minimum atomic E-state index is -0.292. The summed E-state index contributed by atoms with van der Waals surface area (Å²) in [6.45, 7) is 3.40. The van der Waals surface area contributed by atoms with Crippen LogP contribution in [-0.2, 0) is 16.0 Å². The monoisotopic (exact) mass is 266 g/mol. The van der Waals surface area contributed by atoms with E-state index in [0.717, 1.165) is 5.56 Å². The van der Waals surface area contributed by atoms with Gasteiger partial charge in [-0.1, -0.05) is 12.1 Å². The zero-order valence-electron chi connectivity index (χ0n) is 11.0. The fourth-order valence-corrected chi connectivity index (χ4v) is 2.19. The van der Waals surface area contributed by atoms with Crippen LogP contribution < -0.4 is 5.73 Å². The second kappa shape index (κ2) is 6.12. The molecule has 1 aromatic rings. The number of morpholine rings is 1. The highest BCUT2D eigenvalue weighted by atomic mass is 19.1. The topological polar surface area (TPSA) is 55.6 Å². The molecule has 0 bridgehead atoms. The van der Waals surface area contributed by atoms with E-state index in [0.29, 0.717) is 19.7 Å². The van der Waals surface area contributed by atoms with Crippen molar-refractivity contribution in [1.82, 2.24) is 4.90 Å². The first-order chi connectivity index (χ1) is 9.10. The maximum Gasteiger partial charge on any atom is 0.227 e. The quantitative estimate of drug-likeness (QED) is 0.886. The number of nitrogens with two attached hydrogens (primary N) is 1. The third-order valence-corrected chi connectivity index (χ3v) is 3.36. The number of halogens is 1. The molecule has 1 saturated heterocycles. The van der Waals surface area contributed by atoms with Gasteiger partial charge in [0.2, 0.25) is 5.91 Å². The normalized spacial score (nSPS) is 23.4. The van der Waals surface area contributed by atoms with Crippen LogP contribution in [0.2, 0.25) is 0 Å². The molecule has 1 aromatic carbocycles. The van der Waals surface area contributed by atoms with Crippen LogP contribution in [0.4, 0.5) is 4.39 Å². The molecule has 2 unspecified atom stereocenters. The van der Waals surface area contributed by atoms with E-state index in [4.69, 9.17) is 10.5 Å². The predicted octanol–water partition coefficient (Wildman–Crippen LogP) is 0.943. The molecule has 0 saturated carbocycles. The van der Waals surface area contributed by atoms with Crippen LogP contribution in [0.3, 0.4) is 0 Å². The molecule has 4 nitrogen and oxygen atoms in total. The molecule has 1 amide bonds. The average molecular weight is 266 g/mol. The van der Waals surface area contributed by atoms with E-state index in [9.17, 15) is 9.18 Å². The molecule has 5 heteroatoms. The predicted molar refractivity (Wildman–Crippen MR) is 70.1 cm³/mol. The zero-order valence-corrected chi connectivity index (χ0v) is 11.0. The molecule has 2 N–H and O–H groups in total. The molecule has 1 heterocycles. The maximum absolute atomic E-state index is 12.8. The van der Waals surface area contributed by atoms with Gasteiger partial charge in [0.25, 0.3) is 0 Å². The summed E-state index contributed by atoms with van der Waals surface area (Å²) in [6.07, 6.45) is 0.190. The molecule has 19 heavy (non-hydrogen) atoms. The highest BCUT2D eigenvalue weighted by molar-refractivity contribution is 5.79. The Morgan fingerprint density at radius 3 is 2.79 bits per heavy atom. The summed E-state index contributed by atoms with van der Waals surface area (Å²) in [5.41, 5.74) is 6.39. The Bertz CT molecular complexity index is 436. The molecular formula is C14H19FN2O2. The van der Waals surface area contributed by atoms with Gasteiger partial charge in [-0.3, -0.25) is 4.79 Å². The second-order valence-electron chi connectivity index (χ2n) is 4.89. The van der Waals surface area contributed by atoms with Crippen molar-refractivity contribution < 1.29 is 13.9 Å². The van der Waals surface area contributed by atoms with Crippen molar-refractivity contribution in [3.8, 4) is 0 Å². The Morgan fingerprint density at radius 2 is 2.16 bits per heavy atom. The van der Waals surface area contributed by atoms with Gasteiger partial charge in [0, 0.05) is 13.1 Å². The second-order valence-corrected chi connectivity index (χ2v) is 4.89. The van der Waals surface area contributed by atoms with Crippen molar-refractivity contribution in [2.75, 3.05) is 19.7 Å². The molecule has 2 rings (SSSR count). The number of rotatable bonds is 3. The number of ether oxygens (including phenoxy) is 1. The van der Waals surface area contributed by atoms with Gasteiger partial charge >= 0.3 is 0 Å². The van der Waals surface area contributed by atoms with Gasteiger partial charge in [0.15, 0.2) is 0 Å². The van der Waals surface area contributed by atoms with Gasteiger partial charge in [-0.15, -0.1) is 0 Å². The van der Waals surface area contributed by atoms with E-state index in [1.54, 1.807) is 17.0 Å². The van der Waals surface area contributed by atoms with Crippen LogP contribution in [0, 0.1) is 5.82 Å². The Balaban J connectivity index is 2.00. The van der Waals surface area contributed by atoms with Gasteiger partial charge in [0.05, 0.1) is 25.2 Å². The molecule has 0 spiro atoms. The lowest BCUT2D eigenvalue weighted by Gasteiger charge is -2.37. The average Bonchev–Trinajstić information content (AvgIpc) is 2.42. The third kappa shape index (κ3) is 3.52. The van der Waals surface area contributed by atoms with Crippen molar-refractivity contribution in [1.29, 1.82) is 0 Å². The van der Waals surface area contributed by atoms with Crippen LogP contribution in [-0.4, -0.2) is 42.6 Å². The third-order valence-electron chi connectivity index (χ3n) is 3.36. The van der Waals surface area contributed by atoms with Gasteiger partial charge in [-0.25, -0.2) is 4.39 Å². The van der Waals surface area contributed by atoms with Crippen molar-refractivity contribution in [2.24, 2.45) is 5.73 Å². The van der Waals surface area contributed by atoms with E-state index in [1.165, 1.54) is 12.1 Å². The minimum Gasteiger partial charge on any atom is -0.373 e. The standard InChI is InChI=1S/C14H19FN2O2/c1-10-9-19-13(7-16)8-17(10)14(18)6-11-2-4-12(15)5-3-11/h2-5,10,13H,6-9,16H2,1H3. The Hall–Kier alpha value is -1.46. The smallest absolute Gasteiger partial charge is 0.227 e. The van der Waals surface area contributed by atoms with Crippen LogP contribution in [0.5, 0.6) is 0 Å². The summed E-state index contributed by atoms with van der Waals surface area (Å²) in [5.74, 6) is -0.264. The summed E-state index contributed by atoms with van der Waals surface area (Å²) in [4.78, 5) is 14.1. The van der Waals surface area contributed by atoms with E-state index in [-0.39, 0.29) is 30.3 Å². The van der Waals surface area contributed by atoms with Gasteiger partial charge < -0.3 is 15.4 Å². The Morgan fingerprint density at radius 1 is 1.47 bits per heavy atom. The summed E-state index contributed by atoms with van der Waals surface area (Å²) in [6, 6.07) is 6.07. The first-order valence-electron chi connectivity index (χ1n) is 6.45. The van der Waals surface area contributed by atoms with Crippen LogP contribution in [0.25, 0.3) is 0 Å². The Kier molecular flexibility index (Phi) is 4.50. The van der Waals surface area contributed by atoms with Crippen molar-refractivity contribution in [3.63, 3.8) is 0 Å². The molecular weight excluding hydrogens is 247 g/mol. The van der Waals surface area contributed by atoms with E-state index >= 15 is 0 Å². The number of hydrogen-bond donors (Lipinski definition) is 1. The number of nitrogens with zero attached hydrogens (tertiary/aromatic N) is 1. The summed E-state index contributed by atoms with van der Waals surface area (Å²) < 4.78 is 18.3. The number of amides is 1. The van der Waals surface area contributed by atoms with Gasteiger partial charge in [0.1, 0.15) is 5.82 Å². The van der Waals surface area contributed by atoms with Gasteiger partial charge in [-0.05, 0) is 24.6 Å². The zero-order chi connectivity index (χ0) is 13.8. The SMILES string of the molecule is CC1COC(CN)CN1C(=O)Cc1ccc(F)cc1. The first-order valence-corrected chi connectivity index (χ1v) is 6.45. The van der Waals surface area contributed by atoms with Crippen molar-refractivity contribution >= 4 is 5.91 Å². The molecule has 0 aliphatic carbocycles. The highest BCUT2D eigenvalue weighted by Gasteiger charge is 2.28. The maximum atomic E-state index is 12.8. The van der Waals surface area contributed by atoms with Crippen LogP contribution in [0.15, 0.2) is 24.3 Å². The fraction of sp³-hybridized carbons (Fsp3) is 0.500. The Labute approximate surface area is 112 Å². The van der Waals surface area contributed by atoms with Crippen LogP contribution in [0.1, 0.15) is 12.5 Å². The van der Waals surface area contributed by atoms with Crippen molar-refractivity contribution in [2.45, 2.75) is 25.5 Å². The molecule has 2 atom stereocenters. The highest BCUT2D eigenvalue weighted by Crippen LogP contribution is 2.14. The molecule has 1 aliphatic heterocycles. The van der Waals surface area contributed by atoms with Crippen LogP contribution >= 0.6 is 0 Å². The lowest BCUT2D eigenvalue weighted by atomic mass is 10.1. The summed E-state index contributed by atoms with van der Waals surface area (Å²) >= 11 is 0. The van der Waals surface area contributed by atoms with E-state index < -0.39 is 0 Å². The molecule has 0 radical (unpaired) electrons.